The molecule has 72 valence electrons. The van der Waals surface area contributed by atoms with Gasteiger partial charge in [0.1, 0.15) is 18.3 Å². The van der Waals surface area contributed by atoms with E-state index in [9.17, 15) is 4.79 Å². The van der Waals surface area contributed by atoms with Gasteiger partial charge in [-0.3, -0.25) is 0 Å². The lowest BCUT2D eigenvalue weighted by molar-refractivity contribution is -0.133. The second-order valence-electron chi connectivity index (χ2n) is 2.58. The molecule has 0 heterocycles. The van der Waals surface area contributed by atoms with Crippen LogP contribution in [-0.2, 0) is 4.79 Å². The van der Waals surface area contributed by atoms with Gasteiger partial charge in [0.2, 0.25) is 0 Å². The van der Waals surface area contributed by atoms with Crippen molar-refractivity contribution in [2.45, 2.75) is 37.8 Å². The van der Waals surface area contributed by atoms with Crippen LogP contribution in [-0.4, -0.2) is 51.1 Å². The van der Waals surface area contributed by atoms with Gasteiger partial charge in [-0.25, -0.2) is 0 Å². The molecule has 0 saturated heterocycles. The van der Waals surface area contributed by atoms with Crippen LogP contribution in [0.25, 0.3) is 0 Å². The standard InChI is InChI=1S/C7H14O5/c1-2-4(9)6(11)7(12)5(10)3-8/h3-7,9-12H,2H2,1H3/t4?,5?,6-,7?/m1/s1. The summed E-state index contributed by atoms with van der Waals surface area (Å²) in [5, 5.41) is 35.8. The van der Waals surface area contributed by atoms with Crippen LogP contribution in [0.15, 0.2) is 0 Å². The fourth-order valence-electron chi connectivity index (χ4n) is 0.752. The first-order chi connectivity index (χ1) is 5.54. The molecule has 0 aliphatic rings. The minimum atomic E-state index is -1.65. The molecule has 0 amide bonds. The van der Waals surface area contributed by atoms with E-state index >= 15 is 0 Å². The first-order valence-corrected chi connectivity index (χ1v) is 3.72. The number of aldehydes is 1. The highest BCUT2D eigenvalue weighted by Crippen LogP contribution is 2.06. The van der Waals surface area contributed by atoms with Crippen molar-refractivity contribution >= 4 is 6.29 Å². The van der Waals surface area contributed by atoms with Gasteiger partial charge in [-0.1, -0.05) is 6.92 Å². The van der Waals surface area contributed by atoms with Gasteiger partial charge >= 0.3 is 0 Å². The summed E-state index contributed by atoms with van der Waals surface area (Å²) in [7, 11) is 0. The Labute approximate surface area is 70.3 Å². The molecule has 0 aliphatic heterocycles. The van der Waals surface area contributed by atoms with Crippen molar-refractivity contribution in [1.29, 1.82) is 0 Å². The zero-order valence-corrected chi connectivity index (χ0v) is 6.79. The van der Waals surface area contributed by atoms with Crippen LogP contribution in [0.5, 0.6) is 0 Å². The summed E-state index contributed by atoms with van der Waals surface area (Å²) in [6.07, 6.45) is -5.55. The summed E-state index contributed by atoms with van der Waals surface area (Å²) in [5.74, 6) is 0. The molecule has 4 atom stereocenters. The number of aliphatic hydroxyl groups is 4. The van der Waals surface area contributed by atoms with Crippen LogP contribution < -0.4 is 0 Å². The molecule has 0 aromatic rings. The molecular formula is C7H14O5. The molecular weight excluding hydrogens is 164 g/mol. The van der Waals surface area contributed by atoms with Crippen molar-refractivity contribution in [2.75, 3.05) is 0 Å². The van der Waals surface area contributed by atoms with Crippen LogP contribution in [0.1, 0.15) is 13.3 Å². The molecule has 0 aromatic carbocycles. The van der Waals surface area contributed by atoms with E-state index in [2.05, 4.69) is 0 Å². The molecule has 3 unspecified atom stereocenters. The number of carbonyl (C=O) groups excluding carboxylic acids is 1. The third kappa shape index (κ3) is 2.86. The van der Waals surface area contributed by atoms with Gasteiger partial charge in [-0.2, -0.15) is 0 Å². The Morgan fingerprint density at radius 3 is 2.00 bits per heavy atom. The fraction of sp³-hybridized carbons (Fsp3) is 0.857. The van der Waals surface area contributed by atoms with Gasteiger partial charge in [0.25, 0.3) is 0 Å². The first kappa shape index (κ1) is 11.5. The molecule has 0 aliphatic carbocycles. The van der Waals surface area contributed by atoms with Gasteiger partial charge in [-0.05, 0) is 6.42 Å². The Hall–Kier alpha value is -0.490. The monoisotopic (exact) mass is 178 g/mol. The van der Waals surface area contributed by atoms with Gasteiger partial charge in [0, 0.05) is 0 Å². The van der Waals surface area contributed by atoms with E-state index in [4.69, 9.17) is 20.4 Å². The lowest BCUT2D eigenvalue weighted by Crippen LogP contribution is -2.44. The average molecular weight is 178 g/mol. The fourth-order valence-corrected chi connectivity index (χ4v) is 0.752. The molecule has 0 fully saturated rings. The lowest BCUT2D eigenvalue weighted by Gasteiger charge is -2.22. The number of carbonyl (C=O) groups is 1. The van der Waals surface area contributed by atoms with Crippen molar-refractivity contribution in [3.05, 3.63) is 0 Å². The van der Waals surface area contributed by atoms with Gasteiger partial charge < -0.3 is 25.2 Å². The summed E-state index contributed by atoms with van der Waals surface area (Å²) in [4.78, 5) is 9.96. The van der Waals surface area contributed by atoms with Crippen LogP contribution >= 0.6 is 0 Å². The maximum atomic E-state index is 9.96. The molecule has 0 bridgehead atoms. The van der Waals surface area contributed by atoms with E-state index in [0.29, 0.717) is 0 Å². The SMILES string of the molecule is CCC(O)[C@@H](O)C(O)C(O)C=O. The Bertz CT molecular complexity index is 138. The normalized spacial score (nSPS) is 21.1. The lowest BCUT2D eigenvalue weighted by atomic mass is 10.0. The van der Waals surface area contributed by atoms with Crippen molar-refractivity contribution in [2.24, 2.45) is 0 Å². The number of hydrogen-bond donors (Lipinski definition) is 4. The molecule has 0 rings (SSSR count). The van der Waals surface area contributed by atoms with E-state index in [0.717, 1.165) is 0 Å². The quantitative estimate of drug-likeness (QED) is 0.366. The predicted octanol–water partition coefficient (Wildman–Crippen LogP) is -1.96. The van der Waals surface area contributed by atoms with Gasteiger partial charge in [0.05, 0.1) is 6.10 Å². The van der Waals surface area contributed by atoms with Crippen molar-refractivity contribution in [1.82, 2.24) is 0 Å². The smallest absolute Gasteiger partial charge is 0.151 e. The molecule has 4 N–H and O–H groups in total. The molecule has 12 heavy (non-hydrogen) atoms. The van der Waals surface area contributed by atoms with Crippen molar-refractivity contribution in [3.8, 4) is 0 Å². The summed E-state index contributed by atoms with van der Waals surface area (Å²) < 4.78 is 0. The van der Waals surface area contributed by atoms with Crippen LogP contribution in [0, 0.1) is 0 Å². The Morgan fingerprint density at radius 2 is 1.67 bits per heavy atom. The van der Waals surface area contributed by atoms with Crippen molar-refractivity contribution < 1.29 is 25.2 Å². The minimum absolute atomic E-state index is 0.107. The highest BCUT2D eigenvalue weighted by Gasteiger charge is 2.28. The molecule has 0 radical (unpaired) electrons. The number of hydrogen-bond acceptors (Lipinski definition) is 5. The Balaban J connectivity index is 4.07. The molecule has 0 saturated carbocycles. The maximum absolute atomic E-state index is 9.96. The minimum Gasteiger partial charge on any atom is -0.390 e. The van der Waals surface area contributed by atoms with Crippen LogP contribution in [0.2, 0.25) is 0 Å². The van der Waals surface area contributed by atoms with Gasteiger partial charge in [0.15, 0.2) is 6.29 Å². The second kappa shape index (κ2) is 5.21. The zero-order valence-electron chi connectivity index (χ0n) is 6.79. The average Bonchev–Trinajstić information content (AvgIpc) is 2.12. The van der Waals surface area contributed by atoms with E-state index in [1.807, 2.05) is 0 Å². The molecule has 0 spiro atoms. The molecule has 5 heteroatoms. The summed E-state index contributed by atoms with van der Waals surface area (Å²) in [6, 6.07) is 0. The topological polar surface area (TPSA) is 98.0 Å². The Morgan fingerprint density at radius 1 is 1.17 bits per heavy atom. The van der Waals surface area contributed by atoms with Crippen LogP contribution in [0.3, 0.4) is 0 Å². The van der Waals surface area contributed by atoms with E-state index < -0.39 is 24.4 Å². The highest BCUT2D eigenvalue weighted by molar-refractivity contribution is 5.56. The maximum Gasteiger partial charge on any atom is 0.151 e. The third-order valence-electron chi connectivity index (χ3n) is 1.65. The summed E-state index contributed by atoms with van der Waals surface area (Å²) >= 11 is 0. The molecule has 5 nitrogen and oxygen atoms in total. The summed E-state index contributed by atoms with van der Waals surface area (Å²) in [6.45, 7) is 1.61. The second-order valence-corrected chi connectivity index (χ2v) is 2.58. The Kier molecular flexibility index (Phi) is 5.00. The van der Waals surface area contributed by atoms with Crippen molar-refractivity contribution in [3.63, 3.8) is 0 Å². The van der Waals surface area contributed by atoms with E-state index in [1.54, 1.807) is 6.92 Å². The third-order valence-corrected chi connectivity index (χ3v) is 1.65. The van der Waals surface area contributed by atoms with Gasteiger partial charge in [-0.15, -0.1) is 0 Å². The highest BCUT2D eigenvalue weighted by atomic mass is 16.4. The zero-order chi connectivity index (χ0) is 9.72. The number of rotatable bonds is 5. The first-order valence-electron chi connectivity index (χ1n) is 3.72. The largest absolute Gasteiger partial charge is 0.390 e. The predicted molar refractivity (Wildman–Crippen MR) is 40.4 cm³/mol. The number of aliphatic hydroxyl groups excluding tert-OH is 4. The van der Waals surface area contributed by atoms with Crippen LogP contribution in [0.4, 0.5) is 0 Å². The molecule has 0 aromatic heterocycles. The summed E-state index contributed by atoms with van der Waals surface area (Å²) in [5.41, 5.74) is 0. The van der Waals surface area contributed by atoms with E-state index in [-0.39, 0.29) is 12.7 Å². The van der Waals surface area contributed by atoms with E-state index in [1.165, 1.54) is 0 Å².